The summed E-state index contributed by atoms with van der Waals surface area (Å²) in [6.45, 7) is 2.72. The second-order valence-electron chi connectivity index (χ2n) is 10.5. The van der Waals surface area contributed by atoms with Gasteiger partial charge in [0.25, 0.3) is 5.56 Å². The molecule has 0 aliphatic rings. The van der Waals surface area contributed by atoms with Gasteiger partial charge in [-0.25, -0.2) is 4.98 Å². The number of furan rings is 1. The van der Waals surface area contributed by atoms with E-state index in [-0.39, 0.29) is 11.4 Å². The first-order chi connectivity index (χ1) is 22.5. The third-order valence-electron chi connectivity index (χ3n) is 7.65. The lowest BCUT2D eigenvalue weighted by molar-refractivity contribution is 0.270. The van der Waals surface area contributed by atoms with E-state index in [9.17, 15) is 4.79 Å². The summed E-state index contributed by atoms with van der Waals surface area (Å²) in [5, 5.41) is 8.12. The van der Waals surface area contributed by atoms with Crippen LogP contribution in [0, 0.1) is 0 Å². The van der Waals surface area contributed by atoms with E-state index in [4.69, 9.17) is 23.6 Å². The first kappa shape index (κ1) is 29.3. The minimum Gasteiger partial charge on any atom is -0.496 e. The van der Waals surface area contributed by atoms with E-state index in [1.54, 1.807) is 31.5 Å². The monoisotopic (exact) mass is 673 g/mol. The van der Waals surface area contributed by atoms with Gasteiger partial charge in [0, 0.05) is 10.0 Å². The summed E-state index contributed by atoms with van der Waals surface area (Å²) in [6, 6.07) is 32.6. The Kier molecular flexibility index (Phi) is 7.98. The number of methoxy groups -OCH3 is 1. The Hall–Kier alpha value is -5.41. The minimum atomic E-state index is -0.333. The molecule has 0 aliphatic heterocycles. The number of hydrogen-bond donors (Lipinski definition) is 0. The Bertz CT molecular complexity index is 2320. The molecule has 0 radical (unpaired) electrons. The summed E-state index contributed by atoms with van der Waals surface area (Å²) in [7, 11) is 1.60. The van der Waals surface area contributed by atoms with Crippen LogP contribution in [0.4, 0.5) is 0 Å². The number of ether oxygens (including phenoxy) is 3. The summed E-state index contributed by atoms with van der Waals surface area (Å²) >= 11 is 3.67. The molecule has 0 spiro atoms. The Labute approximate surface area is 272 Å². The van der Waals surface area contributed by atoms with E-state index in [1.165, 1.54) is 4.68 Å². The molecule has 0 saturated heterocycles. The number of benzene rings is 5. The molecule has 0 bridgehead atoms. The largest absolute Gasteiger partial charge is 0.496 e. The highest BCUT2D eigenvalue weighted by atomic mass is 79.9. The van der Waals surface area contributed by atoms with Crippen LogP contribution in [-0.4, -0.2) is 29.6 Å². The average Bonchev–Trinajstić information content (AvgIpc) is 3.53. The molecule has 8 nitrogen and oxygen atoms in total. The third kappa shape index (κ3) is 5.50. The van der Waals surface area contributed by atoms with Gasteiger partial charge >= 0.3 is 0 Å². The van der Waals surface area contributed by atoms with Crippen LogP contribution in [0.15, 0.2) is 122 Å². The summed E-state index contributed by atoms with van der Waals surface area (Å²) < 4.78 is 25.9. The fourth-order valence-corrected chi connectivity index (χ4v) is 5.86. The second kappa shape index (κ2) is 12.5. The summed E-state index contributed by atoms with van der Waals surface area (Å²) in [6.07, 6.45) is 1.59. The molecule has 7 rings (SSSR count). The Balaban J connectivity index is 1.28. The van der Waals surface area contributed by atoms with E-state index >= 15 is 0 Å². The van der Waals surface area contributed by atoms with Gasteiger partial charge in [-0.05, 0) is 81.7 Å². The predicted octanol–water partition coefficient (Wildman–Crippen LogP) is 8.59. The topological polar surface area (TPSA) is 88.1 Å². The highest BCUT2D eigenvalue weighted by molar-refractivity contribution is 9.10. The Morgan fingerprint density at radius 3 is 2.46 bits per heavy atom. The number of aromatic nitrogens is 2. The number of hydrogen-bond acceptors (Lipinski definition) is 7. The number of para-hydroxylation sites is 1. The Morgan fingerprint density at radius 1 is 0.848 bits per heavy atom. The zero-order valence-electron chi connectivity index (χ0n) is 25.1. The lowest BCUT2D eigenvalue weighted by atomic mass is 10.1. The molecular weight excluding hydrogens is 646 g/mol. The predicted molar refractivity (Wildman–Crippen MR) is 184 cm³/mol. The molecule has 0 amide bonds. The van der Waals surface area contributed by atoms with Gasteiger partial charge in [0.05, 0.1) is 36.2 Å². The maximum Gasteiger partial charge on any atom is 0.282 e. The van der Waals surface area contributed by atoms with E-state index in [0.29, 0.717) is 62.7 Å². The van der Waals surface area contributed by atoms with Crippen molar-refractivity contribution in [2.24, 2.45) is 5.10 Å². The van der Waals surface area contributed by atoms with Crippen molar-refractivity contribution in [1.82, 2.24) is 9.66 Å². The number of halogens is 1. The van der Waals surface area contributed by atoms with Crippen LogP contribution in [0.2, 0.25) is 0 Å². The molecule has 9 heteroatoms. The molecule has 0 fully saturated rings. The maximum atomic E-state index is 13.8. The molecule has 0 aliphatic carbocycles. The molecule has 5 aromatic carbocycles. The fourth-order valence-electron chi connectivity index (χ4n) is 5.44. The van der Waals surface area contributed by atoms with Crippen LogP contribution in [0.25, 0.3) is 44.2 Å². The van der Waals surface area contributed by atoms with E-state index < -0.39 is 0 Å². The van der Waals surface area contributed by atoms with Gasteiger partial charge in [-0.1, -0.05) is 60.7 Å². The minimum absolute atomic E-state index is 0.259. The molecular formula is C37H28BrN3O5. The SMILES string of the molecule is CCOc1cc(C=Nn2c(-c3cc4c(OC)cccc4o3)nc3ccccc3c2=O)c(Br)cc1OCc1cccc2ccccc12. The molecule has 46 heavy (non-hydrogen) atoms. The van der Waals surface area contributed by atoms with Gasteiger partial charge in [0.15, 0.2) is 17.3 Å². The highest BCUT2D eigenvalue weighted by Crippen LogP contribution is 2.35. The van der Waals surface area contributed by atoms with Crippen molar-refractivity contribution in [3.8, 4) is 28.8 Å². The van der Waals surface area contributed by atoms with E-state index in [2.05, 4.69) is 45.3 Å². The van der Waals surface area contributed by atoms with Crippen molar-refractivity contribution in [3.05, 3.63) is 129 Å². The van der Waals surface area contributed by atoms with Crippen LogP contribution < -0.4 is 19.8 Å². The first-order valence-corrected chi connectivity index (χ1v) is 15.5. The third-order valence-corrected chi connectivity index (χ3v) is 8.34. The van der Waals surface area contributed by atoms with Gasteiger partial charge in [-0.15, -0.1) is 0 Å². The number of fused-ring (bicyclic) bond motifs is 3. The van der Waals surface area contributed by atoms with Crippen molar-refractivity contribution in [2.45, 2.75) is 13.5 Å². The second-order valence-corrected chi connectivity index (χ2v) is 11.3. The van der Waals surface area contributed by atoms with Gasteiger partial charge < -0.3 is 18.6 Å². The summed E-state index contributed by atoms with van der Waals surface area (Å²) in [5.41, 5.74) is 2.56. The van der Waals surface area contributed by atoms with Gasteiger partial charge in [-0.3, -0.25) is 4.79 Å². The first-order valence-electron chi connectivity index (χ1n) is 14.7. The zero-order chi connectivity index (χ0) is 31.6. The van der Waals surface area contributed by atoms with Crippen molar-refractivity contribution in [2.75, 3.05) is 13.7 Å². The van der Waals surface area contributed by atoms with Gasteiger partial charge in [0.1, 0.15) is 17.9 Å². The summed E-state index contributed by atoms with van der Waals surface area (Å²) in [4.78, 5) is 18.6. The quantitative estimate of drug-likeness (QED) is 0.143. The number of nitrogens with zero attached hydrogens (tertiary/aromatic N) is 3. The molecule has 228 valence electrons. The summed E-state index contributed by atoms with van der Waals surface area (Å²) in [5.74, 6) is 2.43. The average molecular weight is 675 g/mol. The van der Waals surface area contributed by atoms with Gasteiger partial charge in [0.2, 0.25) is 5.82 Å². The molecule has 2 aromatic heterocycles. The standard InChI is InChI=1S/C37H28BrN3O5/c1-3-44-33-18-25(29(38)20-34(33)45-22-24-12-8-11-23-10-4-5-13-26(23)24)21-39-41-36(40-30-15-7-6-14-27(30)37(41)42)35-19-28-31(43-2)16-9-17-32(28)46-35/h4-21H,3,22H2,1-2H3. The maximum absolute atomic E-state index is 13.8. The number of rotatable bonds is 9. The van der Waals surface area contributed by atoms with E-state index in [1.807, 2.05) is 67.6 Å². The van der Waals surface area contributed by atoms with Crippen LogP contribution >= 0.6 is 15.9 Å². The molecule has 0 saturated carbocycles. The Morgan fingerprint density at radius 2 is 1.61 bits per heavy atom. The highest BCUT2D eigenvalue weighted by Gasteiger charge is 2.18. The lowest BCUT2D eigenvalue weighted by Crippen LogP contribution is -2.20. The van der Waals surface area contributed by atoms with Crippen LogP contribution in [0.3, 0.4) is 0 Å². The molecule has 7 aromatic rings. The van der Waals surface area contributed by atoms with Gasteiger partial charge in [-0.2, -0.15) is 9.78 Å². The van der Waals surface area contributed by atoms with Crippen LogP contribution in [-0.2, 0) is 6.61 Å². The van der Waals surface area contributed by atoms with Crippen molar-refractivity contribution in [3.63, 3.8) is 0 Å². The zero-order valence-corrected chi connectivity index (χ0v) is 26.7. The van der Waals surface area contributed by atoms with Crippen LogP contribution in [0.5, 0.6) is 17.2 Å². The smallest absolute Gasteiger partial charge is 0.282 e. The van der Waals surface area contributed by atoms with Crippen LogP contribution in [0.1, 0.15) is 18.1 Å². The van der Waals surface area contributed by atoms with Crippen molar-refractivity contribution in [1.29, 1.82) is 0 Å². The van der Waals surface area contributed by atoms with E-state index in [0.717, 1.165) is 21.7 Å². The molecule has 0 N–H and O–H groups in total. The van der Waals surface area contributed by atoms with Crippen molar-refractivity contribution < 1.29 is 18.6 Å². The molecule has 0 atom stereocenters. The normalized spacial score (nSPS) is 11.5. The van der Waals surface area contributed by atoms with Crippen molar-refractivity contribution >= 4 is 54.8 Å². The lowest BCUT2D eigenvalue weighted by Gasteiger charge is -2.15. The molecule has 2 heterocycles. The molecule has 0 unspecified atom stereocenters. The fraction of sp³-hybridized carbons (Fsp3) is 0.108.